The number of carbonyl (C=O) groups is 1. The molecule has 1 heterocycles. The van der Waals surface area contributed by atoms with Crippen molar-refractivity contribution < 1.29 is 14.3 Å². The zero-order valence-electron chi connectivity index (χ0n) is 16.5. The summed E-state index contributed by atoms with van der Waals surface area (Å²) in [5, 5.41) is 1.37. The third-order valence-electron chi connectivity index (χ3n) is 4.97. The smallest absolute Gasteiger partial charge is 0.163 e. The Kier molecular flexibility index (Phi) is 6.20. The monoisotopic (exact) mass is 397 g/mol. The predicted molar refractivity (Wildman–Crippen MR) is 113 cm³/mol. The lowest BCUT2D eigenvalue weighted by atomic mass is 9.86. The number of halogens is 1. The van der Waals surface area contributed by atoms with Gasteiger partial charge in [-0.2, -0.15) is 0 Å². The van der Waals surface area contributed by atoms with Crippen LogP contribution in [0.4, 0.5) is 0 Å². The average molecular weight is 398 g/mol. The van der Waals surface area contributed by atoms with Crippen LogP contribution in [0, 0.1) is 5.92 Å². The molecule has 0 amide bonds. The van der Waals surface area contributed by atoms with E-state index in [-0.39, 0.29) is 17.6 Å². The van der Waals surface area contributed by atoms with Crippen molar-refractivity contribution in [3.05, 3.63) is 64.8 Å². The van der Waals surface area contributed by atoms with Gasteiger partial charge in [-0.15, -0.1) is 0 Å². The van der Waals surface area contributed by atoms with Crippen LogP contribution in [-0.2, 0) is 0 Å². The Balaban J connectivity index is 2.02. The van der Waals surface area contributed by atoms with Crippen molar-refractivity contribution in [2.45, 2.75) is 26.2 Å². The van der Waals surface area contributed by atoms with Crippen molar-refractivity contribution in [1.82, 2.24) is 4.98 Å². The highest BCUT2D eigenvalue weighted by atomic mass is 35.5. The average Bonchev–Trinajstić information content (AvgIpc) is 2.71. The first-order valence-electron chi connectivity index (χ1n) is 9.25. The topological polar surface area (TPSA) is 48.4 Å². The highest BCUT2D eigenvalue weighted by Gasteiger charge is 2.23. The molecule has 5 heteroatoms. The maximum Gasteiger partial charge on any atom is 0.163 e. The largest absolute Gasteiger partial charge is 0.493 e. The molecule has 3 rings (SSSR count). The van der Waals surface area contributed by atoms with Gasteiger partial charge in [0.1, 0.15) is 0 Å². The molecule has 0 aliphatic rings. The summed E-state index contributed by atoms with van der Waals surface area (Å²) in [6.45, 7) is 4.19. The minimum atomic E-state index is -0.0392. The zero-order valence-corrected chi connectivity index (χ0v) is 17.3. The van der Waals surface area contributed by atoms with E-state index in [1.54, 1.807) is 14.2 Å². The maximum absolute atomic E-state index is 12.8. The second-order valence-electron chi connectivity index (χ2n) is 7.10. The number of benzene rings is 2. The Bertz CT molecular complexity index is 986. The van der Waals surface area contributed by atoms with Gasteiger partial charge in [0, 0.05) is 35.0 Å². The fraction of sp³-hybridized carbons (Fsp3) is 0.304. The number of ketones is 1. The van der Waals surface area contributed by atoms with E-state index in [4.69, 9.17) is 26.1 Å². The molecular weight excluding hydrogens is 374 g/mol. The Labute approximate surface area is 170 Å². The van der Waals surface area contributed by atoms with Gasteiger partial charge in [-0.1, -0.05) is 55.8 Å². The minimum absolute atomic E-state index is 0.0392. The first-order valence-corrected chi connectivity index (χ1v) is 9.62. The van der Waals surface area contributed by atoms with Crippen LogP contribution < -0.4 is 9.47 Å². The van der Waals surface area contributed by atoms with Gasteiger partial charge in [-0.3, -0.25) is 9.78 Å². The van der Waals surface area contributed by atoms with Gasteiger partial charge >= 0.3 is 0 Å². The molecule has 0 unspecified atom stereocenters. The van der Waals surface area contributed by atoms with Crippen molar-refractivity contribution in [3.8, 4) is 11.5 Å². The lowest BCUT2D eigenvalue weighted by Gasteiger charge is -2.21. The first kappa shape index (κ1) is 20.2. The van der Waals surface area contributed by atoms with E-state index in [9.17, 15) is 4.79 Å². The quantitative estimate of drug-likeness (QED) is 0.464. The summed E-state index contributed by atoms with van der Waals surface area (Å²) in [6.07, 6.45) is 0.379. The number of nitrogens with zero attached hydrogens (tertiary/aromatic N) is 1. The number of ether oxygens (including phenoxy) is 2. The Morgan fingerprint density at radius 3 is 2.29 bits per heavy atom. The highest BCUT2D eigenvalue weighted by molar-refractivity contribution is 6.35. The summed E-state index contributed by atoms with van der Waals surface area (Å²) >= 11 is 6.57. The van der Waals surface area contributed by atoms with E-state index in [1.807, 2.05) is 48.5 Å². The lowest BCUT2D eigenvalue weighted by Crippen LogP contribution is -2.14. The van der Waals surface area contributed by atoms with E-state index in [2.05, 4.69) is 13.8 Å². The van der Waals surface area contributed by atoms with Crippen LogP contribution in [-0.4, -0.2) is 25.0 Å². The van der Waals surface area contributed by atoms with E-state index >= 15 is 0 Å². The van der Waals surface area contributed by atoms with Crippen LogP contribution in [0.25, 0.3) is 10.9 Å². The molecule has 1 aromatic heterocycles. The fourth-order valence-electron chi connectivity index (χ4n) is 3.34. The SMILES string of the molecule is COc1cc2nc([C@@H](CC(=O)c3ccccc3)C(C)C)cc(Cl)c2cc1OC. The molecule has 0 aliphatic carbocycles. The Morgan fingerprint density at radius 1 is 1.04 bits per heavy atom. The number of aromatic nitrogens is 1. The van der Waals surface area contributed by atoms with E-state index < -0.39 is 0 Å². The number of carbonyl (C=O) groups excluding carboxylic acids is 1. The molecule has 4 nitrogen and oxygen atoms in total. The van der Waals surface area contributed by atoms with Gasteiger partial charge in [-0.05, 0) is 18.1 Å². The molecule has 2 aromatic carbocycles. The Morgan fingerprint density at radius 2 is 1.68 bits per heavy atom. The van der Waals surface area contributed by atoms with Gasteiger partial charge in [0.05, 0.1) is 24.8 Å². The standard InChI is InChI=1S/C23H24ClNO3/c1-14(2)16(10-21(26)15-8-6-5-7-9-15)19-12-18(24)17-11-22(27-3)23(28-4)13-20(17)25-19/h5-9,11-14,16H,10H2,1-4H3/t16-/m0/s1. The maximum atomic E-state index is 12.8. The van der Waals surface area contributed by atoms with Gasteiger partial charge in [0.25, 0.3) is 0 Å². The molecule has 0 fully saturated rings. The van der Waals surface area contributed by atoms with Crippen molar-refractivity contribution in [3.63, 3.8) is 0 Å². The first-order chi connectivity index (χ1) is 13.4. The number of fused-ring (bicyclic) bond motifs is 1. The molecule has 3 aromatic rings. The molecule has 28 heavy (non-hydrogen) atoms. The van der Waals surface area contributed by atoms with E-state index in [1.165, 1.54) is 0 Å². The summed E-state index contributed by atoms with van der Waals surface area (Å²) in [6, 6.07) is 14.9. The van der Waals surface area contributed by atoms with Crippen LogP contribution >= 0.6 is 11.6 Å². The molecule has 0 saturated carbocycles. The number of Topliss-reactive ketones (excluding diaryl/α,β-unsaturated/α-hetero) is 1. The number of hydrogen-bond acceptors (Lipinski definition) is 4. The van der Waals surface area contributed by atoms with Crippen LogP contribution in [0.3, 0.4) is 0 Å². The van der Waals surface area contributed by atoms with E-state index in [0.717, 1.165) is 16.6 Å². The second-order valence-corrected chi connectivity index (χ2v) is 7.50. The molecule has 0 radical (unpaired) electrons. The molecule has 1 atom stereocenters. The predicted octanol–water partition coefficient (Wildman–Crippen LogP) is 5.92. The molecule has 146 valence electrons. The number of methoxy groups -OCH3 is 2. The van der Waals surface area contributed by atoms with Gasteiger partial charge < -0.3 is 9.47 Å². The van der Waals surface area contributed by atoms with Crippen molar-refractivity contribution in [2.75, 3.05) is 14.2 Å². The van der Waals surface area contributed by atoms with Crippen LogP contribution in [0.5, 0.6) is 11.5 Å². The third kappa shape index (κ3) is 4.12. The molecule has 0 saturated heterocycles. The normalized spacial score (nSPS) is 12.2. The second kappa shape index (κ2) is 8.61. The van der Waals surface area contributed by atoms with Gasteiger partial charge in [-0.25, -0.2) is 0 Å². The molecule has 0 aliphatic heterocycles. The third-order valence-corrected chi connectivity index (χ3v) is 5.28. The van der Waals surface area contributed by atoms with Crippen molar-refractivity contribution >= 4 is 28.3 Å². The number of rotatable bonds is 7. The number of hydrogen-bond donors (Lipinski definition) is 0. The van der Waals surface area contributed by atoms with Gasteiger partial charge in [0.2, 0.25) is 0 Å². The number of pyridine rings is 1. The minimum Gasteiger partial charge on any atom is -0.493 e. The van der Waals surface area contributed by atoms with Crippen molar-refractivity contribution in [1.29, 1.82) is 0 Å². The van der Waals surface area contributed by atoms with Gasteiger partial charge in [0.15, 0.2) is 17.3 Å². The summed E-state index contributed by atoms with van der Waals surface area (Å²) in [5.41, 5.74) is 2.24. The van der Waals surface area contributed by atoms with Crippen LogP contribution in [0.15, 0.2) is 48.5 Å². The summed E-state index contributed by atoms with van der Waals surface area (Å²) in [7, 11) is 3.17. The van der Waals surface area contributed by atoms with Crippen LogP contribution in [0.1, 0.15) is 42.2 Å². The summed E-state index contributed by atoms with van der Waals surface area (Å²) < 4.78 is 10.8. The molecule has 0 bridgehead atoms. The summed E-state index contributed by atoms with van der Waals surface area (Å²) in [5.74, 6) is 1.49. The van der Waals surface area contributed by atoms with Crippen LogP contribution in [0.2, 0.25) is 5.02 Å². The lowest BCUT2D eigenvalue weighted by molar-refractivity contribution is 0.0965. The van der Waals surface area contributed by atoms with Crippen molar-refractivity contribution in [2.24, 2.45) is 5.92 Å². The summed E-state index contributed by atoms with van der Waals surface area (Å²) in [4.78, 5) is 17.6. The van der Waals surface area contributed by atoms with E-state index in [0.29, 0.717) is 28.5 Å². The zero-order chi connectivity index (χ0) is 20.3. The molecular formula is C23H24ClNO3. The molecule has 0 N–H and O–H groups in total. The fourth-order valence-corrected chi connectivity index (χ4v) is 3.61. The molecule has 0 spiro atoms. The highest BCUT2D eigenvalue weighted by Crippen LogP contribution is 2.37. The Hall–Kier alpha value is -2.59.